The highest BCUT2D eigenvalue weighted by molar-refractivity contribution is 5.88. The first kappa shape index (κ1) is 12.5. The van der Waals surface area contributed by atoms with Crippen LogP contribution >= 0.6 is 0 Å². The summed E-state index contributed by atoms with van der Waals surface area (Å²) in [6.45, 7) is 5.94. The number of carboxylic acid groups (broad SMARTS) is 1. The number of carbonyl (C=O) groups is 1. The molecule has 0 unspecified atom stereocenters. The van der Waals surface area contributed by atoms with Crippen LogP contribution in [0.2, 0.25) is 0 Å². The third kappa shape index (κ3) is 3.22. The maximum atomic E-state index is 10.8. The molecule has 0 bridgehead atoms. The molecule has 0 aliphatic rings. The molecule has 1 N–H and O–H groups in total. The molecular formula is C12H18N2O2. The molecule has 0 radical (unpaired) electrons. The summed E-state index contributed by atoms with van der Waals surface area (Å²) in [7, 11) is 0. The number of hydrogen-bond donors (Lipinski definition) is 1. The van der Waals surface area contributed by atoms with Crippen molar-refractivity contribution in [2.45, 2.75) is 26.7 Å². The predicted octanol–water partition coefficient (Wildman–Crippen LogP) is 2.41. The van der Waals surface area contributed by atoms with Crippen LogP contribution in [0.5, 0.6) is 0 Å². The van der Waals surface area contributed by atoms with Crippen molar-refractivity contribution in [3.05, 3.63) is 23.9 Å². The van der Waals surface area contributed by atoms with Crippen molar-refractivity contribution < 1.29 is 9.90 Å². The van der Waals surface area contributed by atoms with Crippen LogP contribution in [0.3, 0.4) is 0 Å². The van der Waals surface area contributed by atoms with Crippen molar-refractivity contribution in [1.82, 2.24) is 4.98 Å². The first-order chi connectivity index (χ1) is 7.69. The fourth-order valence-corrected chi connectivity index (χ4v) is 1.51. The smallest absolute Gasteiger partial charge is 0.335 e. The van der Waals surface area contributed by atoms with E-state index in [0.717, 1.165) is 31.7 Å². The van der Waals surface area contributed by atoms with Crippen LogP contribution in [0.15, 0.2) is 18.3 Å². The Morgan fingerprint density at radius 3 is 2.81 bits per heavy atom. The zero-order valence-electron chi connectivity index (χ0n) is 9.81. The van der Waals surface area contributed by atoms with E-state index in [1.165, 1.54) is 6.07 Å². The molecule has 0 spiro atoms. The lowest BCUT2D eigenvalue weighted by molar-refractivity contribution is 0.0697. The van der Waals surface area contributed by atoms with E-state index in [2.05, 4.69) is 16.8 Å². The maximum Gasteiger partial charge on any atom is 0.335 e. The normalized spacial score (nSPS) is 10.1. The van der Waals surface area contributed by atoms with Gasteiger partial charge in [-0.2, -0.15) is 0 Å². The Balaban J connectivity index is 2.83. The van der Waals surface area contributed by atoms with Gasteiger partial charge in [0.25, 0.3) is 0 Å². The number of pyridine rings is 1. The first-order valence-electron chi connectivity index (χ1n) is 5.63. The highest BCUT2D eigenvalue weighted by atomic mass is 16.4. The van der Waals surface area contributed by atoms with E-state index >= 15 is 0 Å². The molecule has 1 aromatic heterocycles. The van der Waals surface area contributed by atoms with Crippen molar-refractivity contribution in [2.75, 3.05) is 18.0 Å². The highest BCUT2D eigenvalue weighted by Crippen LogP contribution is 2.13. The average Bonchev–Trinajstić information content (AvgIpc) is 2.30. The molecule has 0 fully saturated rings. The molecule has 0 aliphatic carbocycles. The van der Waals surface area contributed by atoms with Crippen LogP contribution in [0, 0.1) is 0 Å². The fraction of sp³-hybridized carbons (Fsp3) is 0.500. The zero-order valence-corrected chi connectivity index (χ0v) is 9.81. The van der Waals surface area contributed by atoms with Gasteiger partial charge in [-0.15, -0.1) is 0 Å². The number of carboxylic acids is 1. The Bertz CT molecular complexity index is 353. The summed E-state index contributed by atoms with van der Waals surface area (Å²) in [4.78, 5) is 17.1. The van der Waals surface area contributed by atoms with Gasteiger partial charge < -0.3 is 10.0 Å². The van der Waals surface area contributed by atoms with Gasteiger partial charge in [-0.3, -0.25) is 0 Å². The lowest BCUT2D eigenvalue weighted by atomic mass is 10.2. The van der Waals surface area contributed by atoms with Gasteiger partial charge in [-0.1, -0.05) is 13.3 Å². The van der Waals surface area contributed by atoms with Gasteiger partial charge in [0, 0.05) is 19.3 Å². The summed E-state index contributed by atoms with van der Waals surface area (Å²) in [5.74, 6) is -0.161. The standard InChI is InChI=1S/C12H18N2O2/c1-3-5-8-14(4-2)11-9-10(12(15)16)6-7-13-11/h6-7,9H,3-5,8H2,1-2H3,(H,15,16). The van der Waals surface area contributed by atoms with E-state index < -0.39 is 5.97 Å². The Hall–Kier alpha value is -1.58. The SMILES string of the molecule is CCCCN(CC)c1cc(C(=O)O)ccn1. The molecule has 16 heavy (non-hydrogen) atoms. The van der Waals surface area contributed by atoms with Gasteiger partial charge in [0.2, 0.25) is 0 Å². The maximum absolute atomic E-state index is 10.8. The molecule has 88 valence electrons. The van der Waals surface area contributed by atoms with E-state index in [0.29, 0.717) is 5.56 Å². The summed E-state index contributed by atoms with van der Waals surface area (Å²) >= 11 is 0. The summed E-state index contributed by atoms with van der Waals surface area (Å²) in [5, 5.41) is 8.89. The molecule has 1 rings (SSSR count). The van der Waals surface area contributed by atoms with Crippen LogP contribution < -0.4 is 4.90 Å². The number of nitrogens with zero attached hydrogens (tertiary/aromatic N) is 2. The molecule has 1 heterocycles. The molecule has 0 saturated heterocycles. The van der Waals surface area contributed by atoms with Crippen LogP contribution in [0.4, 0.5) is 5.82 Å². The number of hydrogen-bond acceptors (Lipinski definition) is 3. The van der Waals surface area contributed by atoms with E-state index in [4.69, 9.17) is 5.11 Å². The Morgan fingerprint density at radius 1 is 1.50 bits per heavy atom. The second-order valence-electron chi connectivity index (χ2n) is 3.64. The largest absolute Gasteiger partial charge is 0.478 e. The van der Waals surface area contributed by atoms with Crippen molar-refractivity contribution in [3.8, 4) is 0 Å². The first-order valence-corrected chi connectivity index (χ1v) is 5.63. The van der Waals surface area contributed by atoms with E-state index in [9.17, 15) is 4.79 Å². The topological polar surface area (TPSA) is 53.4 Å². The van der Waals surface area contributed by atoms with Crippen LogP contribution in [0.1, 0.15) is 37.0 Å². The van der Waals surface area contributed by atoms with Gasteiger partial charge in [0.05, 0.1) is 5.56 Å². The van der Waals surface area contributed by atoms with Gasteiger partial charge in [-0.25, -0.2) is 9.78 Å². The third-order valence-corrected chi connectivity index (χ3v) is 2.48. The number of anilines is 1. The summed E-state index contributed by atoms with van der Waals surface area (Å²) in [5.41, 5.74) is 0.292. The Labute approximate surface area is 95.9 Å². The van der Waals surface area contributed by atoms with Gasteiger partial charge in [0.1, 0.15) is 5.82 Å². The molecule has 0 aromatic carbocycles. The quantitative estimate of drug-likeness (QED) is 0.803. The zero-order chi connectivity index (χ0) is 12.0. The molecule has 1 aromatic rings. The number of rotatable bonds is 6. The molecule has 0 aliphatic heterocycles. The van der Waals surface area contributed by atoms with Crippen molar-refractivity contribution in [1.29, 1.82) is 0 Å². The lowest BCUT2D eigenvalue weighted by Crippen LogP contribution is -2.25. The average molecular weight is 222 g/mol. The van der Waals surface area contributed by atoms with Crippen LogP contribution in [-0.4, -0.2) is 29.1 Å². The molecule has 0 amide bonds. The molecule has 4 heteroatoms. The minimum Gasteiger partial charge on any atom is -0.478 e. The van der Waals surface area contributed by atoms with Crippen molar-refractivity contribution in [3.63, 3.8) is 0 Å². The van der Waals surface area contributed by atoms with E-state index in [1.807, 2.05) is 6.92 Å². The third-order valence-electron chi connectivity index (χ3n) is 2.48. The molecule has 0 atom stereocenters. The molecule has 4 nitrogen and oxygen atoms in total. The second-order valence-corrected chi connectivity index (χ2v) is 3.64. The summed E-state index contributed by atoms with van der Waals surface area (Å²) in [6, 6.07) is 3.14. The molecular weight excluding hydrogens is 204 g/mol. The van der Waals surface area contributed by atoms with Gasteiger partial charge in [0.15, 0.2) is 0 Å². The molecule has 0 saturated carbocycles. The second kappa shape index (κ2) is 6.10. The van der Waals surface area contributed by atoms with E-state index in [-0.39, 0.29) is 0 Å². The number of unbranched alkanes of at least 4 members (excludes halogenated alkanes) is 1. The Morgan fingerprint density at radius 2 is 2.25 bits per heavy atom. The monoisotopic (exact) mass is 222 g/mol. The Kier molecular flexibility index (Phi) is 4.76. The fourth-order valence-electron chi connectivity index (χ4n) is 1.51. The van der Waals surface area contributed by atoms with E-state index in [1.54, 1.807) is 12.3 Å². The lowest BCUT2D eigenvalue weighted by Gasteiger charge is -2.21. The minimum atomic E-state index is -0.907. The number of aromatic nitrogens is 1. The van der Waals surface area contributed by atoms with Crippen molar-refractivity contribution >= 4 is 11.8 Å². The van der Waals surface area contributed by atoms with Gasteiger partial charge >= 0.3 is 5.97 Å². The predicted molar refractivity (Wildman–Crippen MR) is 64.0 cm³/mol. The minimum absolute atomic E-state index is 0.292. The highest BCUT2D eigenvalue weighted by Gasteiger charge is 2.08. The van der Waals surface area contributed by atoms with Gasteiger partial charge in [-0.05, 0) is 25.5 Å². The van der Waals surface area contributed by atoms with Crippen LogP contribution in [0.25, 0.3) is 0 Å². The number of aromatic carboxylic acids is 1. The van der Waals surface area contributed by atoms with Crippen LogP contribution in [-0.2, 0) is 0 Å². The summed E-state index contributed by atoms with van der Waals surface area (Å²) < 4.78 is 0. The summed E-state index contributed by atoms with van der Waals surface area (Å²) in [6.07, 6.45) is 3.76. The van der Waals surface area contributed by atoms with Crippen molar-refractivity contribution in [2.24, 2.45) is 0 Å².